The summed E-state index contributed by atoms with van der Waals surface area (Å²) in [5.74, 6) is 0.107. The monoisotopic (exact) mass is 241 g/mol. The molecule has 13 heavy (non-hydrogen) atoms. The third-order valence-corrected chi connectivity index (χ3v) is 2.38. The summed E-state index contributed by atoms with van der Waals surface area (Å²) in [6.07, 6.45) is 0. The molecule has 0 aliphatic carbocycles. The molecule has 0 unspecified atom stereocenters. The van der Waals surface area contributed by atoms with E-state index in [4.69, 9.17) is 4.84 Å². The van der Waals surface area contributed by atoms with Crippen molar-refractivity contribution in [1.29, 1.82) is 0 Å². The lowest BCUT2D eigenvalue weighted by molar-refractivity contribution is 0.152. The quantitative estimate of drug-likeness (QED) is 0.831. The first-order chi connectivity index (χ1) is 6.22. The van der Waals surface area contributed by atoms with Gasteiger partial charge in [0.2, 0.25) is 5.88 Å². The first-order valence-electron chi connectivity index (χ1n) is 3.77. The lowest BCUT2D eigenvalue weighted by Gasteiger charge is -2.03. The Morgan fingerprint density at radius 2 is 2.15 bits per heavy atom. The van der Waals surface area contributed by atoms with Crippen molar-refractivity contribution >= 4 is 26.8 Å². The molecule has 3 nitrogen and oxygen atoms in total. The van der Waals surface area contributed by atoms with Gasteiger partial charge in [0.05, 0.1) is 5.52 Å². The second-order valence-electron chi connectivity index (χ2n) is 2.68. The molecule has 0 fully saturated rings. The highest BCUT2D eigenvalue weighted by Gasteiger charge is 2.07. The van der Waals surface area contributed by atoms with E-state index in [2.05, 4.69) is 15.9 Å². The van der Waals surface area contributed by atoms with Gasteiger partial charge in [0.15, 0.2) is 0 Å². The van der Waals surface area contributed by atoms with E-state index in [9.17, 15) is 5.11 Å². The molecule has 0 aliphatic heterocycles. The van der Waals surface area contributed by atoms with E-state index in [0.717, 1.165) is 15.4 Å². The summed E-state index contributed by atoms with van der Waals surface area (Å²) in [7, 11) is 1.51. The second kappa shape index (κ2) is 2.96. The fourth-order valence-electron chi connectivity index (χ4n) is 1.33. The molecule has 1 aromatic heterocycles. The number of rotatable bonds is 1. The summed E-state index contributed by atoms with van der Waals surface area (Å²) in [6.45, 7) is 0. The van der Waals surface area contributed by atoms with Gasteiger partial charge in [-0.25, -0.2) is 0 Å². The van der Waals surface area contributed by atoms with Gasteiger partial charge in [-0.3, -0.25) is 0 Å². The van der Waals surface area contributed by atoms with Crippen LogP contribution in [-0.2, 0) is 0 Å². The predicted molar refractivity (Wildman–Crippen MR) is 53.8 cm³/mol. The molecule has 0 atom stereocenters. The van der Waals surface area contributed by atoms with Crippen molar-refractivity contribution in [3.8, 4) is 5.88 Å². The van der Waals surface area contributed by atoms with Crippen molar-refractivity contribution < 1.29 is 9.94 Å². The topological polar surface area (TPSA) is 34.4 Å². The van der Waals surface area contributed by atoms with Crippen LogP contribution >= 0.6 is 15.9 Å². The van der Waals surface area contributed by atoms with Crippen LogP contribution in [-0.4, -0.2) is 16.9 Å². The van der Waals surface area contributed by atoms with E-state index < -0.39 is 0 Å². The summed E-state index contributed by atoms with van der Waals surface area (Å²) >= 11 is 3.35. The highest BCUT2D eigenvalue weighted by atomic mass is 79.9. The van der Waals surface area contributed by atoms with Gasteiger partial charge in [-0.1, -0.05) is 22.0 Å². The van der Waals surface area contributed by atoms with Gasteiger partial charge < -0.3 is 9.94 Å². The molecule has 68 valence electrons. The van der Waals surface area contributed by atoms with Gasteiger partial charge in [-0.15, -0.1) is 4.73 Å². The fourth-order valence-corrected chi connectivity index (χ4v) is 1.68. The van der Waals surface area contributed by atoms with Crippen LogP contribution in [0.15, 0.2) is 28.7 Å². The van der Waals surface area contributed by atoms with Crippen LogP contribution in [0.5, 0.6) is 5.88 Å². The Hall–Kier alpha value is -1.16. The highest BCUT2D eigenvalue weighted by molar-refractivity contribution is 9.10. The van der Waals surface area contributed by atoms with Crippen molar-refractivity contribution in [1.82, 2.24) is 4.73 Å². The molecular weight excluding hydrogens is 234 g/mol. The van der Waals surface area contributed by atoms with Crippen molar-refractivity contribution in [2.24, 2.45) is 0 Å². The lowest BCUT2D eigenvalue weighted by atomic mass is 10.2. The van der Waals surface area contributed by atoms with Gasteiger partial charge in [0.25, 0.3) is 0 Å². The standard InChI is InChI=1S/C9H8BrNO2/c1-13-11-8-5-7(10)3-2-6(8)4-9(11)12/h2-5,12H,1H3. The first-order valence-corrected chi connectivity index (χ1v) is 4.56. The first kappa shape index (κ1) is 8.44. The fraction of sp³-hybridized carbons (Fsp3) is 0.111. The maximum Gasteiger partial charge on any atom is 0.226 e. The third-order valence-electron chi connectivity index (χ3n) is 1.89. The molecule has 1 aromatic carbocycles. The number of hydrogen-bond acceptors (Lipinski definition) is 2. The number of aromatic nitrogens is 1. The molecular formula is C9H8BrNO2. The van der Waals surface area contributed by atoms with E-state index in [1.165, 1.54) is 11.8 Å². The van der Waals surface area contributed by atoms with Crippen molar-refractivity contribution in [2.45, 2.75) is 0 Å². The summed E-state index contributed by atoms with van der Waals surface area (Å²) in [5, 5.41) is 10.4. The molecule has 0 bridgehead atoms. The molecule has 0 saturated carbocycles. The van der Waals surface area contributed by atoms with Crippen LogP contribution < -0.4 is 4.84 Å². The SMILES string of the molecule is COn1c(O)cc2ccc(Br)cc21. The number of halogens is 1. The van der Waals surface area contributed by atoms with E-state index in [1.807, 2.05) is 18.2 Å². The summed E-state index contributed by atoms with van der Waals surface area (Å²) < 4.78 is 2.33. The summed E-state index contributed by atoms with van der Waals surface area (Å²) in [5.41, 5.74) is 0.842. The van der Waals surface area contributed by atoms with E-state index in [1.54, 1.807) is 6.07 Å². The maximum absolute atomic E-state index is 9.45. The number of benzene rings is 1. The molecule has 0 saturated heterocycles. The van der Waals surface area contributed by atoms with Crippen LogP contribution in [0.3, 0.4) is 0 Å². The largest absolute Gasteiger partial charge is 0.492 e. The van der Waals surface area contributed by atoms with E-state index >= 15 is 0 Å². The molecule has 1 heterocycles. The van der Waals surface area contributed by atoms with Crippen molar-refractivity contribution in [2.75, 3.05) is 7.11 Å². The number of fused-ring (bicyclic) bond motifs is 1. The molecule has 0 radical (unpaired) electrons. The average molecular weight is 242 g/mol. The Morgan fingerprint density at radius 1 is 1.38 bits per heavy atom. The Labute approximate surface area is 83.6 Å². The lowest BCUT2D eigenvalue weighted by Crippen LogP contribution is -2.03. The Balaban J connectivity index is 2.80. The number of nitrogens with zero attached hydrogens (tertiary/aromatic N) is 1. The zero-order valence-electron chi connectivity index (χ0n) is 6.99. The zero-order valence-corrected chi connectivity index (χ0v) is 8.58. The third kappa shape index (κ3) is 1.27. The van der Waals surface area contributed by atoms with E-state index in [-0.39, 0.29) is 5.88 Å². The minimum Gasteiger partial charge on any atom is -0.492 e. The molecule has 0 amide bonds. The van der Waals surface area contributed by atoms with Crippen LogP contribution in [0.4, 0.5) is 0 Å². The van der Waals surface area contributed by atoms with Gasteiger partial charge in [0, 0.05) is 15.9 Å². The van der Waals surface area contributed by atoms with Gasteiger partial charge in [-0.2, -0.15) is 0 Å². The minimum atomic E-state index is 0.107. The Kier molecular flexibility index (Phi) is 1.92. The van der Waals surface area contributed by atoms with Crippen LogP contribution in [0.2, 0.25) is 0 Å². The van der Waals surface area contributed by atoms with Crippen LogP contribution in [0.1, 0.15) is 0 Å². The van der Waals surface area contributed by atoms with Crippen LogP contribution in [0, 0.1) is 0 Å². The summed E-state index contributed by atoms with van der Waals surface area (Å²) in [4.78, 5) is 5.00. The minimum absolute atomic E-state index is 0.107. The number of hydrogen-bond donors (Lipinski definition) is 1. The van der Waals surface area contributed by atoms with Crippen molar-refractivity contribution in [3.05, 3.63) is 28.7 Å². The molecule has 2 aromatic rings. The van der Waals surface area contributed by atoms with E-state index in [0.29, 0.717) is 0 Å². The molecule has 0 aliphatic rings. The smallest absolute Gasteiger partial charge is 0.226 e. The number of aromatic hydroxyl groups is 1. The molecule has 4 heteroatoms. The maximum atomic E-state index is 9.45. The molecule has 2 rings (SSSR count). The Morgan fingerprint density at radius 3 is 2.85 bits per heavy atom. The average Bonchev–Trinajstić information content (AvgIpc) is 2.40. The predicted octanol–water partition coefficient (Wildman–Crippen LogP) is 2.17. The van der Waals surface area contributed by atoms with Crippen LogP contribution in [0.25, 0.3) is 10.9 Å². The van der Waals surface area contributed by atoms with Gasteiger partial charge in [-0.05, 0) is 12.1 Å². The normalized spacial score (nSPS) is 10.6. The van der Waals surface area contributed by atoms with Gasteiger partial charge in [0.1, 0.15) is 7.11 Å². The highest BCUT2D eigenvalue weighted by Crippen LogP contribution is 2.25. The van der Waals surface area contributed by atoms with Gasteiger partial charge >= 0.3 is 0 Å². The second-order valence-corrected chi connectivity index (χ2v) is 3.60. The van der Waals surface area contributed by atoms with Crippen molar-refractivity contribution in [3.63, 3.8) is 0 Å². The summed E-state index contributed by atoms with van der Waals surface area (Å²) in [6, 6.07) is 7.38. The Bertz CT molecular complexity index is 450. The zero-order chi connectivity index (χ0) is 9.42. The molecule has 1 N–H and O–H groups in total. The molecule has 0 spiro atoms.